The zero-order valence-electron chi connectivity index (χ0n) is 65.4. The van der Waals surface area contributed by atoms with Crippen molar-refractivity contribution in [2.45, 2.75) is 19.3 Å². The van der Waals surface area contributed by atoms with E-state index in [-0.39, 0.29) is 0 Å². The van der Waals surface area contributed by atoms with E-state index < -0.39 is 0 Å². The van der Waals surface area contributed by atoms with Gasteiger partial charge in [0.25, 0.3) is 0 Å². The lowest BCUT2D eigenvalue weighted by Gasteiger charge is -2.29. The van der Waals surface area contributed by atoms with Gasteiger partial charge < -0.3 is 33.9 Å². The first-order valence-corrected chi connectivity index (χ1v) is 40.3. The third-order valence-corrected chi connectivity index (χ3v) is 21.5. The lowest BCUT2D eigenvalue weighted by atomic mass is 10.1. The number of benzene rings is 6. The van der Waals surface area contributed by atoms with E-state index >= 15 is 0 Å². The fourth-order valence-corrected chi connectivity index (χ4v) is 14.9. The standard InChI is InChI=1S/C24H25N5O.C24H24N4O2.C23H23N5O2.C22H21N5/c1-2-12-28(13-3-1)14-15-30-22-6-4-19(5-7-22)21-16-26-24-23(17-27-29(24)18-21)20-8-10-25-11-9-20;1-2-4-20(5-3-1)23-17-26-28-18-21(16-25-24(23)28)19-6-8-22(9-7-19)30-15-12-27-10-13-29-14-11-27;1-3-21(30-14-11-27-9-12-29-13-10-27)4-2-18(1)20-15-25-23-22(16-26-28(23)17-20)19-5-7-24-8-6-19;1-2-4-18(5-3-1)21-15-25-27-16-19(14-24-22(21)27)17-6-8-20(9-7-17)26-12-10-23-11-13-26/h4-11,16-18H,1-3,12-15H2;1-9,16-18H,10-15H2;1-8,15-17H,9-14H2;1-9,14-16,23H,10-13H2. The molecule has 117 heavy (non-hydrogen) atoms. The van der Waals surface area contributed by atoms with Crippen molar-refractivity contribution in [3.63, 3.8) is 0 Å². The molecule has 14 heterocycles. The average molecular weight is 1560 g/mol. The highest BCUT2D eigenvalue weighted by Crippen LogP contribution is 2.33. The molecule has 0 unspecified atom stereocenters. The van der Waals surface area contributed by atoms with Crippen molar-refractivity contribution in [3.05, 3.63) is 281 Å². The summed E-state index contributed by atoms with van der Waals surface area (Å²) >= 11 is 0. The van der Waals surface area contributed by atoms with E-state index in [1.54, 1.807) is 24.8 Å². The zero-order valence-corrected chi connectivity index (χ0v) is 65.4. The first kappa shape index (κ1) is 76.7. The van der Waals surface area contributed by atoms with E-state index in [1.165, 1.54) is 38.0 Å². The van der Waals surface area contributed by atoms with E-state index in [9.17, 15) is 0 Å². The second-order valence-corrected chi connectivity index (χ2v) is 29.1. The van der Waals surface area contributed by atoms with Crippen LogP contribution in [-0.4, -0.2) is 214 Å². The third kappa shape index (κ3) is 19.4. The second-order valence-electron chi connectivity index (χ2n) is 29.1. The summed E-state index contributed by atoms with van der Waals surface area (Å²) in [6.45, 7) is 18.7. The predicted octanol–water partition coefficient (Wildman–Crippen LogP) is 14.7. The number of nitrogens with one attached hydrogen (secondary N) is 1. The van der Waals surface area contributed by atoms with Crippen LogP contribution in [0.1, 0.15) is 19.3 Å². The summed E-state index contributed by atoms with van der Waals surface area (Å²) in [6.07, 6.45) is 34.2. The number of piperazine rings is 1. The minimum Gasteiger partial charge on any atom is -0.492 e. The molecule has 16 aromatic rings. The normalized spacial score (nSPS) is 14.8. The molecule has 590 valence electrons. The Kier molecular flexibility index (Phi) is 24.9. The molecule has 4 fully saturated rings. The van der Waals surface area contributed by atoms with Gasteiger partial charge in [-0.2, -0.15) is 20.4 Å². The molecule has 20 rings (SSSR count). The summed E-state index contributed by atoms with van der Waals surface area (Å²) in [6, 6.07) is 61.5. The topological polar surface area (TPSA) is 218 Å². The highest BCUT2D eigenvalue weighted by atomic mass is 16.5. The Morgan fingerprint density at radius 3 is 0.932 bits per heavy atom. The molecular weight excluding hydrogens is 1460 g/mol. The van der Waals surface area contributed by atoms with E-state index in [0.717, 1.165) is 234 Å². The van der Waals surface area contributed by atoms with Crippen molar-refractivity contribution in [1.82, 2.24) is 88.4 Å². The smallest absolute Gasteiger partial charge is 0.162 e. The fourth-order valence-electron chi connectivity index (χ4n) is 14.9. The van der Waals surface area contributed by atoms with Crippen LogP contribution >= 0.6 is 0 Å². The number of nitrogens with zero attached hydrogens (tertiary/aromatic N) is 18. The van der Waals surface area contributed by atoms with Gasteiger partial charge in [0.05, 0.1) is 51.2 Å². The summed E-state index contributed by atoms with van der Waals surface area (Å²) in [5.74, 6) is 2.66. The summed E-state index contributed by atoms with van der Waals surface area (Å²) in [5, 5.41) is 21.4. The number of hydrogen-bond acceptors (Lipinski definition) is 20. The fraction of sp³-hybridized carbons (Fsp3) is 0.247. The molecule has 24 heteroatoms. The van der Waals surface area contributed by atoms with Crippen LogP contribution < -0.4 is 24.4 Å². The van der Waals surface area contributed by atoms with Crippen LogP contribution in [0.25, 0.3) is 112 Å². The van der Waals surface area contributed by atoms with E-state index in [2.05, 4.69) is 166 Å². The molecule has 1 N–H and O–H groups in total. The Hall–Kier alpha value is -12.9. The Morgan fingerprint density at radius 1 is 0.291 bits per heavy atom. The van der Waals surface area contributed by atoms with Gasteiger partial charge in [0.2, 0.25) is 0 Å². The Labute approximate surface area is 679 Å². The predicted molar refractivity (Wildman–Crippen MR) is 457 cm³/mol. The Bertz CT molecular complexity index is 5370. The van der Waals surface area contributed by atoms with Gasteiger partial charge in [-0.25, -0.2) is 38.0 Å². The summed E-state index contributed by atoms with van der Waals surface area (Å²) < 4.78 is 35.8. The van der Waals surface area contributed by atoms with Crippen LogP contribution in [0, 0.1) is 0 Å². The average Bonchev–Trinajstić information content (AvgIpc) is 1.71. The summed E-state index contributed by atoms with van der Waals surface area (Å²) in [7, 11) is 0. The SMILES string of the molecule is c1cc(-c2cnn3cc(-c4ccc(OCCN5CCCCC5)cc4)cnc23)ccn1.c1cc(-c2cnn3cc(-c4ccc(OCCN5CCOCC5)cc4)cnc23)ccn1.c1ccc(-c2cnn3cc(-c4ccc(N5CCNCC5)cc4)cnc23)cc1.c1ccc(-c2cnn3cc(-c4ccc(OCCN5CCOCC5)cc4)cnc23)cc1. The van der Waals surface area contributed by atoms with Crippen LogP contribution in [0.15, 0.2) is 281 Å². The van der Waals surface area contributed by atoms with Crippen LogP contribution in [-0.2, 0) is 9.47 Å². The first-order chi connectivity index (χ1) is 58.0. The van der Waals surface area contributed by atoms with Gasteiger partial charge in [0, 0.05) is 197 Å². The minimum atomic E-state index is 0.679. The Balaban J connectivity index is 0.000000112. The first-order valence-electron chi connectivity index (χ1n) is 40.3. The number of anilines is 1. The maximum Gasteiger partial charge on any atom is 0.162 e. The molecule has 0 bridgehead atoms. The zero-order chi connectivity index (χ0) is 78.6. The van der Waals surface area contributed by atoms with Crippen molar-refractivity contribution in [3.8, 4) is 106 Å². The molecule has 0 saturated carbocycles. The molecule has 4 aliphatic heterocycles. The Morgan fingerprint density at radius 2 is 0.598 bits per heavy atom. The highest BCUT2D eigenvalue weighted by Gasteiger charge is 2.19. The summed E-state index contributed by atoms with van der Waals surface area (Å²) in [4.78, 5) is 36.5. The molecule has 4 aliphatic rings. The largest absolute Gasteiger partial charge is 0.492 e. The van der Waals surface area contributed by atoms with Crippen LogP contribution in [0.2, 0.25) is 0 Å². The number of ether oxygens (including phenoxy) is 5. The van der Waals surface area contributed by atoms with Crippen molar-refractivity contribution in [2.24, 2.45) is 0 Å². The van der Waals surface area contributed by atoms with Crippen molar-refractivity contribution in [2.75, 3.05) is 136 Å². The van der Waals surface area contributed by atoms with Gasteiger partial charge in [0.1, 0.15) is 37.1 Å². The second kappa shape index (κ2) is 38.0. The van der Waals surface area contributed by atoms with Gasteiger partial charge in [0.15, 0.2) is 22.6 Å². The molecule has 4 saturated heterocycles. The van der Waals surface area contributed by atoms with Crippen LogP contribution in [0.3, 0.4) is 0 Å². The number of hydrogen-bond donors (Lipinski definition) is 1. The molecule has 10 aromatic heterocycles. The van der Waals surface area contributed by atoms with Gasteiger partial charge in [-0.15, -0.1) is 0 Å². The van der Waals surface area contributed by atoms with Gasteiger partial charge >= 0.3 is 0 Å². The highest BCUT2D eigenvalue weighted by molar-refractivity contribution is 5.81. The lowest BCUT2D eigenvalue weighted by Crippen LogP contribution is -2.43. The maximum absolute atomic E-state index is 5.94. The number of rotatable bonds is 21. The number of aromatic nitrogens is 14. The number of fused-ring (bicyclic) bond motifs is 4. The van der Waals surface area contributed by atoms with Gasteiger partial charge in [-0.05, 0) is 143 Å². The molecule has 0 radical (unpaired) electrons. The molecule has 6 aromatic carbocycles. The molecule has 0 aliphatic carbocycles. The van der Waals surface area contributed by atoms with Gasteiger partial charge in [-0.3, -0.25) is 24.7 Å². The molecule has 0 amide bonds. The molecule has 24 nitrogen and oxygen atoms in total. The van der Waals surface area contributed by atoms with E-state index in [1.807, 2.05) is 183 Å². The number of likely N-dealkylation sites (tertiary alicyclic amines) is 1. The minimum absolute atomic E-state index is 0.679. The molecule has 0 spiro atoms. The monoisotopic (exact) mass is 1560 g/mol. The molecular formula is C93H93N19O5. The lowest BCUT2D eigenvalue weighted by molar-refractivity contribution is 0.0321. The number of piperidine rings is 1. The summed E-state index contributed by atoms with van der Waals surface area (Å²) in [5.41, 5.74) is 21.6. The number of morpholine rings is 2. The van der Waals surface area contributed by atoms with Crippen LogP contribution in [0.4, 0.5) is 5.69 Å². The van der Waals surface area contributed by atoms with Crippen LogP contribution in [0.5, 0.6) is 17.2 Å². The van der Waals surface area contributed by atoms with Crippen molar-refractivity contribution in [1.29, 1.82) is 0 Å². The number of pyridine rings is 2. The van der Waals surface area contributed by atoms with E-state index in [4.69, 9.17) is 23.7 Å². The van der Waals surface area contributed by atoms with Crippen molar-refractivity contribution < 1.29 is 23.7 Å². The molecule has 0 atom stereocenters. The maximum atomic E-state index is 5.94. The van der Waals surface area contributed by atoms with Crippen molar-refractivity contribution >= 4 is 28.3 Å². The van der Waals surface area contributed by atoms with E-state index in [0.29, 0.717) is 13.2 Å². The third-order valence-electron chi connectivity index (χ3n) is 21.5. The van der Waals surface area contributed by atoms with Gasteiger partial charge in [-0.1, -0.05) is 116 Å². The quantitative estimate of drug-likeness (QED) is 0.0707.